The Kier molecular flexibility index (Phi) is 18.3. The predicted octanol–water partition coefficient (Wildman–Crippen LogP) is 19.4. The molecule has 0 saturated carbocycles. The number of hydrogen-bond donors (Lipinski definition) is 4. The quantitative estimate of drug-likeness (QED) is 0.0544. The molecule has 0 aliphatic rings. The Labute approximate surface area is 527 Å². The van der Waals surface area contributed by atoms with Crippen molar-refractivity contribution in [1.82, 2.24) is 39.9 Å². The maximum Gasteiger partial charge on any atom is 0.232 e. The summed E-state index contributed by atoms with van der Waals surface area (Å²) in [5.41, 5.74) is 29.3. The summed E-state index contributed by atoms with van der Waals surface area (Å²) in [6.07, 6.45) is 0. The van der Waals surface area contributed by atoms with Gasteiger partial charge in [-0.15, -0.1) is 22.2 Å². The maximum atomic E-state index is 16.1. The van der Waals surface area contributed by atoms with Crippen LogP contribution in [-0.4, -0.2) is 72.2 Å². The molecule has 4 heterocycles. The zero-order valence-corrected chi connectivity index (χ0v) is 61.2. The van der Waals surface area contributed by atoms with Gasteiger partial charge < -0.3 is 19.9 Å². The molecule has 5 aromatic carbocycles. The number of rotatable bonds is 12. The highest BCUT2D eigenvalue weighted by Crippen LogP contribution is 2.46. The SMILES string of the molecule is CC(C)[Si](C#Cc1c2nc3c(=O)c4[nH]c5c(C#C[Si](C(C)C)(C(C)C)C(C)C)c6nc7ccccc7nc6c(C#C[Si](C(C)C)(C(C)C)C(C)C)c5[nH]c4c(=O)c3nc2c(C#C[Si](C(C)C)(C(C)C)C(C)C)c2[nH]c3ccccc3[nH]c12)(C(C)C)C(C)C. The highest BCUT2D eigenvalue weighted by Gasteiger charge is 2.45. The number of hydrogen-bond acceptors (Lipinski definition) is 6. The summed E-state index contributed by atoms with van der Waals surface area (Å²) < 4.78 is 0. The van der Waals surface area contributed by atoms with E-state index in [4.69, 9.17) is 19.9 Å². The topological polar surface area (TPSA) is 149 Å². The monoisotopic (exact) mass is 1240 g/mol. The summed E-state index contributed by atoms with van der Waals surface area (Å²) in [5.74, 6) is 15.3. The Morgan fingerprint density at radius 1 is 0.284 bits per heavy atom. The van der Waals surface area contributed by atoms with Crippen molar-refractivity contribution in [2.75, 3.05) is 0 Å². The van der Waals surface area contributed by atoms with Gasteiger partial charge in [0, 0.05) is 0 Å². The van der Waals surface area contributed by atoms with Crippen molar-refractivity contribution in [3.8, 4) is 45.9 Å². The molecule has 0 aliphatic heterocycles. The number of nitrogens with zero attached hydrogens (tertiary/aromatic N) is 4. The second-order valence-electron chi connectivity index (χ2n) is 29.1. The molecule has 88 heavy (non-hydrogen) atoms. The number of benzene rings is 5. The molecule has 10 nitrogen and oxygen atoms in total. The number of aromatic amines is 4. The minimum atomic E-state index is -2.39. The predicted molar refractivity (Wildman–Crippen MR) is 388 cm³/mol. The Balaban J connectivity index is 1.57. The van der Waals surface area contributed by atoms with Gasteiger partial charge in [-0.2, -0.15) is 0 Å². The van der Waals surface area contributed by atoms with E-state index in [1.54, 1.807) is 0 Å². The molecule has 4 N–H and O–H groups in total. The lowest BCUT2D eigenvalue weighted by Gasteiger charge is -2.38. The van der Waals surface area contributed by atoms with Crippen molar-refractivity contribution in [3.63, 3.8) is 0 Å². The number of H-pyrrole nitrogens is 4. The molecular weight excluding hydrogens is 1150 g/mol. The summed E-state index contributed by atoms with van der Waals surface area (Å²) in [4.78, 5) is 68.9. The molecule has 4 aromatic heterocycles. The average Bonchev–Trinajstić information content (AvgIpc) is 0.807. The van der Waals surface area contributed by atoms with Crippen LogP contribution < -0.4 is 10.9 Å². The van der Waals surface area contributed by atoms with E-state index in [1.807, 2.05) is 36.4 Å². The van der Waals surface area contributed by atoms with Crippen molar-refractivity contribution < 1.29 is 0 Å². The van der Waals surface area contributed by atoms with Crippen LogP contribution in [0, 0.1) is 45.9 Å². The van der Waals surface area contributed by atoms with Crippen LogP contribution in [-0.2, 0) is 0 Å². The third kappa shape index (κ3) is 10.5. The molecular formula is C74H96N8O2Si4. The molecule has 0 saturated heterocycles. The van der Waals surface area contributed by atoms with Crippen LogP contribution in [0.15, 0.2) is 58.1 Å². The van der Waals surface area contributed by atoms with Gasteiger partial charge in [-0.1, -0.05) is 214 Å². The number of fused-ring (bicyclic) bond motifs is 8. The van der Waals surface area contributed by atoms with Gasteiger partial charge >= 0.3 is 0 Å². The van der Waals surface area contributed by atoms with Crippen LogP contribution in [0.2, 0.25) is 66.5 Å². The Morgan fingerprint density at radius 3 is 0.739 bits per heavy atom. The van der Waals surface area contributed by atoms with E-state index < -0.39 is 43.2 Å². The van der Waals surface area contributed by atoms with E-state index in [-0.39, 0.29) is 22.1 Å². The van der Waals surface area contributed by atoms with Crippen LogP contribution >= 0.6 is 0 Å². The van der Waals surface area contributed by atoms with Gasteiger partial charge in [0.15, 0.2) is 0 Å². The van der Waals surface area contributed by atoms with Gasteiger partial charge in [0.05, 0.1) is 66.4 Å². The molecule has 0 radical (unpaired) electrons. The second kappa shape index (κ2) is 24.5. The van der Waals surface area contributed by atoms with Crippen LogP contribution in [0.25, 0.3) is 88.3 Å². The fourth-order valence-electron chi connectivity index (χ4n) is 16.7. The largest absolute Gasteiger partial charge is 0.351 e. The van der Waals surface area contributed by atoms with Gasteiger partial charge in [0.2, 0.25) is 10.9 Å². The van der Waals surface area contributed by atoms with E-state index in [9.17, 15) is 0 Å². The summed E-state index contributed by atoms with van der Waals surface area (Å²) in [6.45, 7) is 55.4. The van der Waals surface area contributed by atoms with Crippen LogP contribution in [0.4, 0.5) is 0 Å². The van der Waals surface area contributed by atoms with Crippen molar-refractivity contribution in [1.29, 1.82) is 0 Å². The molecule has 0 spiro atoms. The molecule has 0 bridgehead atoms. The highest BCUT2D eigenvalue weighted by atomic mass is 28.3. The van der Waals surface area contributed by atoms with Gasteiger partial charge in [-0.05, 0) is 90.8 Å². The minimum absolute atomic E-state index is 0.0536. The van der Waals surface area contributed by atoms with E-state index in [0.717, 1.165) is 33.1 Å². The lowest BCUT2D eigenvalue weighted by Crippen LogP contribution is -2.43. The van der Waals surface area contributed by atoms with E-state index in [1.165, 1.54) is 0 Å². The molecule has 460 valence electrons. The Bertz CT molecular complexity index is 4000. The lowest BCUT2D eigenvalue weighted by molar-refractivity contribution is 0.838. The van der Waals surface area contributed by atoms with Crippen molar-refractivity contribution in [2.45, 2.75) is 233 Å². The Hall–Kier alpha value is -6.79. The Morgan fingerprint density at radius 2 is 0.500 bits per heavy atom. The maximum absolute atomic E-state index is 16.1. The standard InChI is InChI=1S/C74H96N8O2Si4/c1-41(2)85(42(3)4,43(5)6)37-33-53-61-62(76-58-30-26-25-29-57(58)75-61)54(34-38-86(44(7)8,45(9)10)46(11)12)66-65(53)79-69-70(80-66)74(84)72-71(73(69)83)81-67-55(35-39-87(47(13)14,48(15)16)49(17)18)63-64(78-60-32-28-27-31-59(60)77-63)56(68(67)82-72)36-40-88(50(19)20,51(21)22)52(23)24/h25-32,41-52,75-76,81-82H,1-24H3. The molecule has 14 heteroatoms. The zero-order valence-electron chi connectivity index (χ0n) is 57.2. The minimum Gasteiger partial charge on any atom is -0.351 e. The van der Waals surface area contributed by atoms with E-state index in [0.29, 0.717) is 122 Å². The number of aromatic nitrogens is 8. The second-order valence-corrected chi connectivity index (χ2v) is 51.4. The van der Waals surface area contributed by atoms with Gasteiger partial charge in [-0.3, -0.25) is 9.59 Å². The zero-order chi connectivity index (χ0) is 64.6. The van der Waals surface area contributed by atoms with Crippen LogP contribution in [0.5, 0.6) is 0 Å². The molecule has 9 aromatic rings. The smallest absolute Gasteiger partial charge is 0.232 e. The number of nitrogens with one attached hydrogen (secondary N) is 4. The molecule has 0 unspecified atom stereocenters. The summed E-state index contributed by atoms with van der Waals surface area (Å²) in [5, 5.41) is 0. The first-order chi connectivity index (χ1) is 41.4. The average molecular weight is 1240 g/mol. The van der Waals surface area contributed by atoms with Gasteiger partial charge in [0.25, 0.3) is 0 Å². The third-order valence-electron chi connectivity index (χ3n) is 21.1. The molecule has 0 atom stereocenters. The first kappa shape index (κ1) is 65.6. The molecule has 0 fully saturated rings. The first-order valence-electron chi connectivity index (χ1n) is 32.7. The highest BCUT2D eigenvalue weighted by molar-refractivity contribution is 6.92. The van der Waals surface area contributed by atoms with Crippen molar-refractivity contribution >= 4 is 121 Å². The van der Waals surface area contributed by atoms with Crippen LogP contribution in [0.1, 0.15) is 188 Å². The fraction of sp³-hybridized carbons (Fsp3) is 0.486. The van der Waals surface area contributed by atoms with E-state index >= 15 is 9.59 Å². The van der Waals surface area contributed by atoms with Gasteiger partial charge in [-0.25, -0.2) is 19.9 Å². The van der Waals surface area contributed by atoms with Crippen molar-refractivity contribution in [2.24, 2.45) is 0 Å². The molecule has 0 amide bonds. The first-order valence-corrected chi connectivity index (χ1v) is 41.6. The molecule has 9 rings (SSSR count). The lowest BCUT2D eigenvalue weighted by atomic mass is 10.0. The third-order valence-corrected chi connectivity index (χ3v) is 46.2. The summed E-state index contributed by atoms with van der Waals surface area (Å²) in [6, 6.07) is 16.0. The van der Waals surface area contributed by atoms with Crippen LogP contribution in [0.3, 0.4) is 0 Å². The summed E-state index contributed by atoms with van der Waals surface area (Å²) >= 11 is 0. The van der Waals surface area contributed by atoms with Crippen molar-refractivity contribution in [3.05, 3.63) is 91.2 Å². The summed E-state index contributed by atoms with van der Waals surface area (Å²) in [7, 11) is -9.55. The van der Waals surface area contributed by atoms with Gasteiger partial charge in [0.1, 0.15) is 76.4 Å². The number of para-hydroxylation sites is 4. The molecule has 0 aliphatic carbocycles. The normalized spacial score (nSPS) is 13.0. The fourth-order valence-corrected chi connectivity index (χ4v) is 37.6. The van der Waals surface area contributed by atoms with E-state index in [2.05, 4.69) is 244 Å².